The van der Waals surface area contributed by atoms with E-state index in [0.717, 1.165) is 0 Å². The van der Waals surface area contributed by atoms with Gasteiger partial charge in [-0.2, -0.15) is 5.26 Å². The Morgan fingerprint density at radius 1 is 1.18 bits per heavy atom. The second-order valence-electron chi connectivity index (χ2n) is 7.73. The number of nitriles is 1. The van der Waals surface area contributed by atoms with Crippen LogP contribution in [0.2, 0.25) is 0 Å². The smallest absolute Gasteiger partial charge is 0.408 e. The minimum atomic E-state index is -1.35. The molecular formula is C23H28N2O8. The number of carbonyl (C=O) groups excluding carboxylic acids is 4. The van der Waals surface area contributed by atoms with Crippen LogP contribution in [0.4, 0.5) is 4.79 Å². The number of esters is 2. The number of hydrogen-bond acceptors (Lipinski definition) is 9. The summed E-state index contributed by atoms with van der Waals surface area (Å²) in [4.78, 5) is 48.9. The molecule has 0 saturated carbocycles. The molecule has 0 heterocycles. The van der Waals surface area contributed by atoms with E-state index in [-0.39, 0.29) is 17.9 Å². The summed E-state index contributed by atoms with van der Waals surface area (Å²) in [5.74, 6) is -2.18. The highest BCUT2D eigenvalue weighted by Gasteiger charge is 2.28. The molecule has 1 atom stereocenters. The molecule has 1 rings (SSSR count). The van der Waals surface area contributed by atoms with Crippen LogP contribution in [0.25, 0.3) is 6.08 Å². The normalized spacial score (nSPS) is 12.1. The lowest BCUT2D eigenvalue weighted by atomic mass is 10.1. The largest absolute Gasteiger partial charge is 0.496 e. The number of ether oxygens (including phenoxy) is 4. The minimum absolute atomic E-state index is 0.0381. The van der Waals surface area contributed by atoms with Crippen molar-refractivity contribution in [2.75, 3.05) is 20.3 Å². The summed E-state index contributed by atoms with van der Waals surface area (Å²) in [5.41, 5.74) is -0.434. The van der Waals surface area contributed by atoms with Crippen molar-refractivity contribution in [3.05, 3.63) is 34.9 Å². The number of rotatable bonds is 9. The van der Waals surface area contributed by atoms with Gasteiger partial charge in [0.05, 0.1) is 25.3 Å². The molecule has 0 aliphatic carbocycles. The third-order valence-corrected chi connectivity index (χ3v) is 3.90. The number of ketones is 1. The van der Waals surface area contributed by atoms with Crippen molar-refractivity contribution in [3.8, 4) is 11.8 Å². The van der Waals surface area contributed by atoms with Crippen LogP contribution >= 0.6 is 0 Å². The van der Waals surface area contributed by atoms with Crippen LogP contribution in [-0.4, -0.2) is 55.8 Å². The first-order valence-electron chi connectivity index (χ1n) is 10.1. The predicted molar refractivity (Wildman–Crippen MR) is 117 cm³/mol. The van der Waals surface area contributed by atoms with Crippen molar-refractivity contribution in [2.24, 2.45) is 0 Å². The van der Waals surface area contributed by atoms with Gasteiger partial charge in [0.25, 0.3) is 0 Å². The lowest BCUT2D eigenvalue weighted by molar-refractivity contribution is -0.150. The third-order valence-electron chi connectivity index (χ3n) is 3.90. The average Bonchev–Trinajstić information content (AvgIpc) is 2.73. The Bertz CT molecular complexity index is 970. The molecule has 10 nitrogen and oxygen atoms in total. The van der Waals surface area contributed by atoms with Crippen LogP contribution in [0.3, 0.4) is 0 Å². The van der Waals surface area contributed by atoms with Gasteiger partial charge in [0.2, 0.25) is 0 Å². The summed E-state index contributed by atoms with van der Waals surface area (Å²) < 4.78 is 20.3. The fraction of sp³-hybridized carbons (Fsp3) is 0.435. The monoisotopic (exact) mass is 460 g/mol. The van der Waals surface area contributed by atoms with Gasteiger partial charge in [-0.05, 0) is 58.9 Å². The molecule has 0 spiro atoms. The quantitative estimate of drug-likeness (QED) is 0.193. The number of alkyl carbamates (subject to hydrolysis) is 1. The van der Waals surface area contributed by atoms with Gasteiger partial charge in [-0.15, -0.1) is 0 Å². The van der Waals surface area contributed by atoms with E-state index >= 15 is 0 Å². The van der Waals surface area contributed by atoms with Crippen molar-refractivity contribution < 1.29 is 38.1 Å². The van der Waals surface area contributed by atoms with E-state index in [1.54, 1.807) is 27.7 Å². The first-order valence-corrected chi connectivity index (χ1v) is 10.1. The SMILES string of the molecule is CCOC(=O)C(COC(=O)C(=Cc1ccc(C#N)cc1OC)C(C)=O)NC(=O)OC(C)(C)C. The zero-order chi connectivity index (χ0) is 25.2. The van der Waals surface area contributed by atoms with E-state index in [0.29, 0.717) is 11.1 Å². The van der Waals surface area contributed by atoms with Gasteiger partial charge < -0.3 is 24.3 Å². The highest BCUT2D eigenvalue weighted by atomic mass is 16.6. The Morgan fingerprint density at radius 2 is 1.85 bits per heavy atom. The summed E-state index contributed by atoms with van der Waals surface area (Å²) in [6.07, 6.45) is 0.354. The number of amides is 1. The molecule has 0 aliphatic heterocycles. The molecule has 0 aromatic heterocycles. The van der Waals surface area contributed by atoms with E-state index in [1.807, 2.05) is 6.07 Å². The van der Waals surface area contributed by atoms with Gasteiger partial charge in [-0.3, -0.25) is 4.79 Å². The molecule has 0 fully saturated rings. The van der Waals surface area contributed by atoms with Gasteiger partial charge in [-0.25, -0.2) is 14.4 Å². The van der Waals surface area contributed by atoms with Crippen molar-refractivity contribution in [1.82, 2.24) is 5.32 Å². The van der Waals surface area contributed by atoms with E-state index < -0.39 is 42.1 Å². The van der Waals surface area contributed by atoms with Crippen LogP contribution in [0.5, 0.6) is 5.75 Å². The molecule has 1 aromatic rings. The number of Topliss-reactive ketones (excluding diaryl/α,β-unsaturated/α-hetero) is 1. The number of nitrogens with one attached hydrogen (secondary N) is 1. The summed E-state index contributed by atoms with van der Waals surface area (Å²) in [6.45, 7) is 7.14. The first-order chi connectivity index (χ1) is 15.4. The van der Waals surface area contributed by atoms with Gasteiger partial charge >= 0.3 is 18.0 Å². The maximum Gasteiger partial charge on any atom is 0.408 e. The fourth-order valence-electron chi connectivity index (χ4n) is 2.46. The van der Waals surface area contributed by atoms with Gasteiger partial charge in [0.1, 0.15) is 23.5 Å². The summed E-state index contributed by atoms with van der Waals surface area (Å²) >= 11 is 0. The maximum absolute atomic E-state index is 12.6. The van der Waals surface area contributed by atoms with Crippen LogP contribution in [0.1, 0.15) is 45.7 Å². The summed E-state index contributed by atoms with van der Waals surface area (Å²) in [7, 11) is 1.38. The molecule has 1 N–H and O–H groups in total. The Morgan fingerprint density at radius 3 is 2.36 bits per heavy atom. The van der Waals surface area contributed by atoms with E-state index in [1.165, 1.54) is 38.3 Å². The topological polar surface area (TPSA) is 141 Å². The zero-order valence-corrected chi connectivity index (χ0v) is 19.5. The molecule has 10 heteroatoms. The molecule has 1 aromatic carbocycles. The molecule has 0 bridgehead atoms. The highest BCUT2D eigenvalue weighted by Crippen LogP contribution is 2.23. The van der Waals surface area contributed by atoms with Gasteiger partial charge in [0.15, 0.2) is 11.8 Å². The standard InChI is InChI=1S/C23H28N2O8/c1-7-31-21(28)18(25-22(29)33-23(3,4)5)13-32-20(27)17(14(2)26)11-16-9-8-15(12-24)10-19(16)30-6/h8-11,18H,7,13H2,1-6H3,(H,25,29). The highest BCUT2D eigenvalue weighted by molar-refractivity contribution is 6.20. The first kappa shape index (κ1) is 27.2. The maximum atomic E-state index is 12.6. The average molecular weight is 460 g/mol. The molecule has 0 radical (unpaired) electrons. The Kier molecular flexibility index (Phi) is 10.1. The minimum Gasteiger partial charge on any atom is -0.496 e. The van der Waals surface area contributed by atoms with Crippen LogP contribution in [0, 0.1) is 11.3 Å². The summed E-state index contributed by atoms with van der Waals surface area (Å²) in [6, 6.07) is 5.08. The predicted octanol–water partition coefficient (Wildman–Crippen LogP) is 2.54. The van der Waals surface area contributed by atoms with E-state index in [4.69, 9.17) is 24.2 Å². The number of hydrogen-bond donors (Lipinski definition) is 1. The Hall–Kier alpha value is -3.87. The molecule has 178 valence electrons. The molecule has 0 aliphatic rings. The molecule has 33 heavy (non-hydrogen) atoms. The van der Waals surface area contributed by atoms with Crippen LogP contribution in [0.15, 0.2) is 23.8 Å². The zero-order valence-electron chi connectivity index (χ0n) is 19.5. The molecule has 1 amide bonds. The molecule has 1 unspecified atom stereocenters. The van der Waals surface area contributed by atoms with Gasteiger partial charge in [0, 0.05) is 5.56 Å². The number of benzene rings is 1. The Labute approximate surface area is 192 Å². The number of nitrogens with zero attached hydrogens (tertiary/aromatic N) is 1. The molecule has 0 saturated heterocycles. The van der Waals surface area contributed by atoms with Crippen LogP contribution in [-0.2, 0) is 28.6 Å². The Balaban J connectivity index is 3.07. The number of methoxy groups -OCH3 is 1. The lowest BCUT2D eigenvalue weighted by Crippen LogP contribution is -2.47. The van der Waals surface area contributed by atoms with Crippen molar-refractivity contribution in [2.45, 2.75) is 46.3 Å². The van der Waals surface area contributed by atoms with Crippen LogP contribution < -0.4 is 10.1 Å². The van der Waals surface area contributed by atoms with Gasteiger partial charge in [-0.1, -0.05) is 0 Å². The van der Waals surface area contributed by atoms with Crippen molar-refractivity contribution in [3.63, 3.8) is 0 Å². The van der Waals surface area contributed by atoms with E-state index in [2.05, 4.69) is 5.32 Å². The lowest BCUT2D eigenvalue weighted by Gasteiger charge is -2.22. The third kappa shape index (κ3) is 9.03. The summed E-state index contributed by atoms with van der Waals surface area (Å²) in [5, 5.41) is 11.3. The van der Waals surface area contributed by atoms with Crippen molar-refractivity contribution >= 4 is 29.9 Å². The second-order valence-corrected chi connectivity index (χ2v) is 7.73. The molecular weight excluding hydrogens is 432 g/mol. The van der Waals surface area contributed by atoms with E-state index in [9.17, 15) is 19.2 Å². The fourth-order valence-corrected chi connectivity index (χ4v) is 2.46. The second kappa shape index (κ2) is 12.2. The number of carbonyl (C=O) groups is 4. The van der Waals surface area contributed by atoms with Crippen molar-refractivity contribution in [1.29, 1.82) is 5.26 Å².